The van der Waals surface area contributed by atoms with E-state index < -0.39 is 32.9 Å². The Kier molecular flexibility index (Phi) is 9.26. The van der Waals surface area contributed by atoms with Crippen LogP contribution in [0.2, 0.25) is 0 Å². The Morgan fingerprint density at radius 1 is 0.766 bits per heavy atom. The molecule has 0 radical (unpaired) electrons. The van der Waals surface area contributed by atoms with E-state index in [0.29, 0.717) is 11.3 Å². The minimum absolute atomic E-state index is 0.0339. The Morgan fingerprint density at radius 3 is 1.77 bits per heavy atom. The molecule has 9 nitrogen and oxygen atoms in total. The predicted molar refractivity (Wildman–Crippen MR) is 181 cm³/mol. The Labute approximate surface area is 281 Å². The fourth-order valence-corrected chi connectivity index (χ4v) is 9.86. The average molecular weight is 690 g/mol. The van der Waals surface area contributed by atoms with E-state index in [1.54, 1.807) is 6.07 Å². The normalized spacial score (nSPS) is 27.9. The summed E-state index contributed by atoms with van der Waals surface area (Å²) in [6, 6.07) is 11.7. The van der Waals surface area contributed by atoms with Gasteiger partial charge in [-0.3, -0.25) is 13.8 Å². The molecule has 0 aliphatic carbocycles. The van der Waals surface area contributed by atoms with Gasteiger partial charge in [-0.15, -0.1) is 9.05 Å². The number of fused-ring (bicyclic) bond motifs is 1. The third-order valence-electron chi connectivity index (χ3n) is 9.38. The fourth-order valence-electron chi connectivity index (χ4n) is 7.58. The minimum Gasteiger partial charge on any atom is -0.425 e. The second-order valence-electron chi connectivity index (χ2n) is 17.5. The van der Waals surface area contributed by atoms with Crippen molar-refractivity contribution < 1.29 is 41.3 Å². The van der Waals surface area contributed by atoms with E-state index in [2.05, 4.69) is 75.3 Å². The first-order valence-electron chi connectivity index (χ1n) is 16.3. The molecule has 3 aliphatic rings. The standard InChI is InChI=1S/C36H51O9P2/c1-31(2,3)18-33(7,8)24-12-14-28-26(16-24)35(11,30(37)44-28)27-17-25(34(9,10)19-32(4,5)6)13-15-29(27)45-47(39)42-22-36(23-43-47)20-40-46(38)41-21-36/h12-17H,18-23H2,1-11H3/q+1. The van der Waals surface area contributed by atoms with Crippen LogP contribution in [0.25, 0.3) is 0 Å². The second kappa shape index (κ2) is 12.0. The number of carbonyl (C=O) groups excluding carboxylic acids is 1. The maximum Gasteiger partial charge on any atom is 0.697 e. The molecule has 1 atom stereocenters. The van der Waals surface area contributed by atoms with Crippen LogP contribution in [0.15, 0.2) is 36.4 Å². The number of benzene rings is 2. The number of esters is 1. The Morgan fingerprint density at radius 2 is 1.26 bits per heavy atom. The third-order valence-corrected chi connectivity index (χ3v) is 11.4. The maximum atomic E-state index is 14.0. The molecule has 0 N–H and O–H groups in total. The van der Waals surface area contributed by atoms with E-state index in [4.69, 9.17) is 27.4 Å². The van der Waals surface area contributed by atoms with Crippen LogP contribution in [0.4, 0.5) is 0 Å². The van der Waals surface area contributed by atoms with Crippen LogP contribution in [-0.2, 0) is 48.3 Å². The lowest BCUT2D eigenvalue weighted by molar-refractivity contribution is -0.136. The van der Waals surface area contributed by atoms with Gasteiger partial charge in [-0.05, 0) is 64.7 Å². The van der Waals surface area contributed by atoms with Crippen molar-refractivity contribution in [3.63, 3.8) is 0 Å². The Bertz CT molecular complexity index is 1590. The summed E-state index contributed by atoms with van der Waals surface area (Å²) in [5.41, 5.74) is 1.01. The summed E-state index contributed by atoms with van der Waals surface area (Å²) in [7, 11) is -6.32. The predicted octanol–water partition coefficient (Wildman–Crippen LogP) is 9.56. The molecule has 2 aromatic rings. The van der Waals surface area contributed by atoms with Gasteiger partial charge in [0.15, 0.2) is 0 Å². The van der Waals surface area contributed by atoms with Crippen molar-refractivity contribution in [3.05, 3.63) is 58.7 Å². The first-order chi connectivity index (χ1) is 21.5. The number of phosphoric acid groups is 1. The van der Waals surface area contributed by atoms with Gasteiger partial charge in [0.1, 0.15) is 30.1 Å². The van der Waals surface area contributed by atoms with Crippen molar-refractivity contribution in [1.29, 1.82) is 0 Å². The lowest BCUT2D eigenvalue weighted by Crippen LogP contribution is -2.45. The van der Waals surface area contributed by atoms with Crippen LogP contribution in [0.5, 0.6) is 11.5 Å². The van der Waals surface area contributed by atoms with E-state index in [1.807, 2.05) is 31.2 Å². The molecule has 2 aromatic carbocycles. The molecule has 2 saturated heterocycles. The molecule has 3 heterocycles. The van der Waals surface area contributed by atoms with Crippen molar-refractivity contribution in [2.45, 2.75) is 105 Å². The summed E-state index contributed by atoms with van der Waals surface area (Å²) >= 11 is 0. The second-order valence-corrected chi connectivity index (χ2v) is 20.1. The first kappa shape index (κ1) is 36.2. The summed E-state index contributed by atoms with van der Waals surface area (Å²) in [5, 5.41) is 0. The van der Waals surface area contributed by atoms with Crippen molar-refractivity contribution in [2.24, 2.45) is 16.2 Å². The summed E-state index contributed by atoms with van der Waals surface area (Å²) in [6.45, 7) is 24.0. The molecule has 0 aromatic heterocycles. The van der Waals surface area contributed by atoms with Crippen LogP contribution in [0.3, 0.4) is 0 Å². The zero-order valence-electron chi connectivity index (χ0n) is 29.8. The molecule has 1 spiro atoms. The van der Waals surface area contributed by atoms with E-state index in [1.165, 1.54) is 0 Å². The van der Waals surface area contributed by atoms with Crippen molar-refractivity contribution >= 4 is 22.0 Å². The maximum absolute atomic E-state index is 14.0. The van der Waals surface area contributed by atoms with E-state index in [0.717, 1.165) is 29.5 Å². The summed E-state index contributed by atoms with van der Waals surface area (Å²) in [5.74, 6) is 0.264. The van der Waals surface area contributed by atoms with Crippen LogP contribution < -0.4 is 9.26 Å². The lowest BCUT2D eigenvalue weighted by Gasteiger charge is -2.37. The van der Waals surface area contributed by atoms with Gasteiger partial charge in [-0.1, -0.05) is 93.5 Å². The fraction of sp³-hybridized carbons (Fsp3) is 0.639. The summed E-state index contributed by atoms with van der Waals surface area (Å²) < 4.78 is 59.5. The van der Waals surface area contributed by atoms with E-state index in [9.17, 15) is 13.9 Å². The molecule has 0 saturated carbocycles. The van der Waals surface area contributed by atoms with Gasteiger partial charge in [-0.2, -0.15) is 0 Å². The molecule has 1 unspecified atom stereocenters. The molecule has 0 amide bonds. The summed E-state index contributed by atoms with van der Waals surface area (Å²) in [6.07, 6.45) is 1.81. The number of hydrogen-bond acceptors (Lipinski definition) is 9. The third kappa shape index (κ3) is 7.56. The average Bonchev–Trinajstić information content (AvgIpc) is 3.19. The van der Waals surface area contributed by atoms with Gasteiger partial charge >= 0.3 is 22.0 Å². The highest BCUT2D eigenvalue weighted by Crippen LogP contribution is 2.59. The monoisotopic (exact) mass is 689 g/mol. The largest absolute Gasteiger partial charge is 0.697 e. The molecule has 3 aliphatic heterocycles. The zero-order valence-corrected chi connectivity index (χ0v) is 31.6. The topological polar surface area (TPSA) is 107 Å². The van der Waals surface area contributed by atoms with Crippen molar-refractivity contribution in [2.75, 3.05) is 26.4 Å². The van der Waals surface area contributed by atoms with Crippen LogP contribution >= 0.6 is 16.1 Å². The van der Waals surface area contributed by atoms with Crippen molar-refractivity contribution in [3.8, 4) is 11.5 Å². The van der Waals surface area contributed by atoms with Gasteiger partial charge in [0.05, 0.1) is 18.6 Å². The number of phosphoric ester groups is 1. The molecule has 0 bridgehead atoms. The number of carbonyl (C=O) groups is 1. The van der Waals surface area contributed by atoms with E-state index in [-0.39, 0.29) is 53.8 Å². The minimum atomic E-state index is -4.13. The SMILES string of the molecule is CC(C)(C)CC(C)(C)c1ccc2c(c1)C(C)(c1cc(C(C)(C)CC(C)(C)C)ccc1OP1(=O)OCC3(CO[P+](=O)OC3)CO1)C(=O)O2. The van der Waals surface area contributed by atoms with Gasteiger partial charge in [-0.25, -0.2) is 4.57 Å². The van der Waals surface area contributed by atoms with Gasteiger partial charge in [0, 0.05) is 15.7 Å². The van der Waals surface area contributed by atoms with Gasteiger partial charge in [0.2, 0.25) is 0 Å². The van der Waals surface area contributed by atoms with Gasteiger partial charge in [0.25, 0.3) is 0 Å². The Balaban J connectivity index is 1.59. The number of hydrogen-bond donors (Lipinski definition) is 0. The highest BCUT2D eigenvalue weighted by molar-refractivity contribution is 7.49. The smallest absolute Gasteiger partial charge is 0.425 e. The summed E-state index contributed by atoms with van der Waals surface area (Å²) in [4.78, 5) is 14.0. The van der Waals surface area contributed by atoms with Crippen LogP contribution in [0.1, 0.15) is 111 Å². The van der Waals surface area contributed by atoms with Crippen molar-refractivity contribution in [1.82, 2.24) is 0 Å². The van der Waals surface area contributed by atoms with Crippen LogP contribution in [0, 0.1) is 16.2 Å². The Hall–Kier alpha value is -2.12. The van der Waals surface area contributed by atoms with Gasteiger partial charge < -0.3 is 9.26 Å². The molecule has 47 heavy (non-hydrogen) atoms. The van der Waals surface area contributed by atoms with Crippen LogP contribution in [-0.4, -0.2) is 32.4 Å². The quantitative estimate of drug-likeness (QED) is 0.160. The molecular weight excluding hydrogens is 638 g/mol. The number of ether oxygens (including phenoxy) is 1. The molecule has 11 heteroatoms. The highest BCUT2D eigenvalue weighted by Gasteiger charge is 2.53. The molecule has 258 valence electrons. The lowest BCUT2D eigenvalue weighted by atomic mass is 9.68. The number of rotatable bonds is 7. The molecule has 2 fully saturated rings. The first-order valence-corrected chi connectivity index (χ1v) is 18.9. The zero-order chi connectivity index (χ0) is 34.8. The molecular formula is C36H51O9P2+. The highest BCUT2D eigenvalue weighted by atomic mass is 31.2. The molecule has 5 rings (SSSR count). The van der Waals surface area contributed by atoms with E-state index >= 15 is 0 Å².